The zero-order chi connectivity index (χ0) is 15.0. The SMILES string of the molecule is CN1C2COCC1CC(O)(c1cccc(OC(F)F)c1)C2. The Kier molecular flexibility index (Phi) is 3.86. The lowest BCUT2D eigenvalue weighted by molar-refractivity contribution is -0.137. The van der Waals surface area contributed by atoms with E-state index in [0.29, 0.717) is 31.6 Å². The van der Waals surface area contributed by atoms with Gasteiger partial charge in [-0.1, -0.05) is 12.1 Å². The van der Waals surface area contributed by atoms with E-state index in [1.165, 1.54) is 12.1 Å². The molecule has 0 spiro atoms. The second-order valence-electron chi connectivity index (χ2n) is 5.86. The number of likely N-dealkylation sites (N-methyl/N-ethyl adjacent to an activating group) is 1. The molecule has 3 rings (SSSR count). The molecule has 1 aromatic rings. The predicted octanol–water partition coefficient (Wildman–Crippen LogP) is 1.97. The van der Waals surface area contributed by atoms with Crippen LogP contribution in [0.25, 0.3) is 0 Å². The molecular weight excluding hydrogens is 280 g/mol. The summed E-state index contributed by atoms with van der Waals surface area (Å²) in [6.45, 7) is -1.69. The number of nitrogens with zero attached hydrogens (tertiary/aromatic N) is 1. The van der Waals surface area contributed by atoms with Crippen molar-refractivity contribution in [1.82, 2.24) is 4.90 Å². The van der Waals surface area contributed by atoms with Gasteiger partial charge in [0.05, 0.1) is 18.8 Å². The maximum Gasteiger partial charge on any atom is 0.387 e. The first kappa shape index (κ1) is 14.7. The number of morpholine rings is 1. The van der Waals surface area contributed by atoms with Crippen LogP contribution in [0.4, 0.5) is 8.78 Å². The standard InChI is InChI=1S/C15H19F2NO3/c1-18-11-6-15(19,7-12(18)9-20-8-11)10-3-2-4-13(5-10)21-14(16)17/h2-5,11-12,14,19H,6-9H2,1H3. The number of rotatable bonds is 3. The summed E-state index contributed by atoms with van der Waals surface area (Å²) in [5, 5.41) is 11.0. The second-order valence-corrected chi connectivity index (χ2v) is 5.86. The summed E-state index contributed by atoms with van der Waals surface area (Å²) in [6, 6.07) is 6.66. The lowest BCUT2D eigenvalue weighted by atomic mass is 9.77. The topological polar surface area (TPSA) is 41.9 Å². The summed E-state index contributed by atoms with van der Waals surface area (Å²) in [7, 11) is 2.04. The van der Waals surface area contributed by atoms with Crippen LogP contribution in [0.1, 0.15) is 18.4 Å². The second kappa shape index (κ2) is 5.51. The highest BCUT2D eigenvalue weighted by Gasteiger charge is 2.45. The van der Waals surface area contributed by atoms with Crippen molar-refractivity contribution in [2.75, 3.05) is 20.3 Å². The van der Waals surface area contributed by atoms with E-state index in [1.54, 1.807) is 12.1 Å². The van der Waals surface area contributed by atoms with Crippen LogP contribution < -0.4 is 4.74 Å². The average Bonchev–Trinajstić information content (AvgIpc) is 2.40. The first-order valence-electron chi connectivity index (χ1n) is 7.05. The number of halogens is 2. The zero-order valence-electron chi connectivity index (χ0n) is 11.8. The summed E-state index contributed by atoms with van der Waals surface area (Å²) < 4.78 is 34.6. The van der Waals surface area contributed by atoms with Crippen LogP contribution in [-0.2, 0) is 10.3 Å². The van der Waals surface area contributed by atoms with Crippen molar-refractivity contribution >= 4 is 0 Å². The molecule has 0 aromatic heterocycles. The number of ether oxygens (including phenoxy) is 2. The number of aliphatic hydroxyl groups is 1. The Morgan fingerprint density at radius 3 is 2.62 bits per heavy atom. The molecule has 4 nitrogen and oxygen atoms in total. The number of benzene rings is 1. The summed E-state index contributed by atoms with van der Waals surface area (Å²) in [5.41, 5.74) is -0.390. The number of hydrogen-bond acceptors (Lipinski definition) is 4. The lowest BCUT2D eigenvalue weighted by Crippen LogP contribution is -2.59. The molecule has 21 heavy (non-hydrogen) atoms. The van der Waals surface area contributed by atoms with Crippen LogP contribution >= 0.6 is 0 Å². The van der Waals surface area contributed by atoms with Gasteiger partial charge in [0.2, 0.25) is 0 Å². The van der Waals surface area contributed by atoms with Gasteiger partial charge in [0.1, 0.15) is 5.75 Å². The van der Waals surface area contributed by atoms with Gasteiger partial charge in [-0.15, -0.1) is 0 Å². The maximum absolute atomic E-state index is 12.3. The first-order chi connectivity index (χ1) is 9.98. The highest BCUT2D eigenvalue weighted by atomic mass is 19.3. The number of alkyl halides is 2. The third-order valence-electron chi connectivity index (χ3n) is 4.52. The van der Waals surface area contributed by atoms with Gasteiger partial charge in [0.25, 0.3) is 0 Å². The van der Waals surface area contributed by atoms with E-state index in [1.807, 2.05) is 7.05 Å². The van der Waals surface area contributed by atoms with E-state index in [0.717, 1.165) is 0 Å². The van der Waals surface area contributed by atoms with E-state index in [2.05, 4.69) is 9.64 Å². The molecule has 0 amide bonds. The Labute approximate surface area is 122 Å². The van der Waals surface area contributed by atoms with Crippen molar-refractivity contribution in [3.05, 3.63) is 29.8 Å². The van der Waals surface area contributed by atoms with Crippen molar-refractivity contribution in [3.63, 3.8) is 0 Å². The molecule has 2 aliphatic rings. The molecule has 116 valence electrons. The van der Waals surface area contributed by atoms with Crippen molar-refractivity contribution in [3.8, 4) is 5.75 Å². The Balaban J connectivity index is 1.85. The molecule has 0 saturated carbocycles. The van der Waals surface area contributed by atoms with Crippen LogP contribution in [0.15, 0.2) is 24.3 Å². The average molecular weight is 299 g/mol. The fraction of sp³-hybridized carbons (Fsp3) is 0.600. The van der Waals surface area contributed by atoms with E-state index in [4.69, 9.17) is 4.74 Å². The Morgan fingerprint density at radius 1 is 1.33 bits per heavy atom. The lowest BCUT2D eigenvalue weighted by Gasteiger charge is -2.50. The van der Waals surface area contributed by atoms with Crippen molar-refractivity contribution in [1.29, 1.82) is 0 Å². The van der Waals surface area contributed by atoms with Gasteiger partial charge >= 0.3 is 6.61 Å². The van der Waals surface area contributed by atoms with Gasteiger partial charge < -0.3 is 14.6 Å². The summed E-state index contributed by atoms with van der Waals surface area (Å²) in [6.07, 6.45) is 1.05. The quantitative estimate of drug-likeness (QED) is 0.926. The van der Waals surface area contributed by atoms with Gasteiger partial charge in [0.15, 0.2) is 0 Å². The van der Waals surface area contributed by atoms with E-state index >= 15 is 0 Å². The van der Waals surface area contributed by atoms with E-state index in [9.17, 15) is 13.9 Å². The molecule has 1 aromatic carbocycles. The third-order valence-corrected chi connectivity index (χ3v) is 4.52. The number of hydrogen-bond donors (Lipinski definition) is 1. The minimum atomic E-state index is -2.86. The number of fused-ring (bicyclic) bond motifs is 2. The van der Waals surface area contributed by atoms with Crippen LogP contribution in [0.3, 0.4) is 0 Å². The molecule has 0 radical (unpaired) electrons. The zero-order valence-corrected chi connectivity index (χ0v) is 11.8. The highest BCUT2D eigenvalue weighted by Crippen LogP contribution is 2.41. The van der Waals surface area contributed by atoms with Crippen LogP contribution in [0.2, 0.25) is 0 Å². The summed E-state index contributed by atoms with van der Waals surface area (Å²) in [4.78, 5) is 2.23. The molecule has 2 atom stereocenters. The highest BCUT2D eigenvalue weighted by molar-refractivity contribution is 5.33. The Hall–Kier alpha value is -1.24. The fourth-order valence-electron chi connectivity index (χ4n) is 3.34. The van der Waals surface area contributed by atoms with Gasteiger partial charge in [-0.25, -0.2) is 0 Å². The molecule has 2 fully saturated rings. The van der Waals surface area contributed by atoms with Crippen molar-refractivity contribution in [2.45, 2.75) is 37.1 Å². The van der Waals surface area contributed by atoms with Gasteiger partial charge in [-0.05, 0) is 37.6 Å². The Morgan fingerprint density at radius 2 is 2.00 bits per heavy atom. The van der Waals surface area contributed by atoms with E-state index in [-0.39, 0.29) is 17.8 Å². The molecule has 0 aliphatic carbocycles. The third kappa shape index (κ3) is 2.88. The molecule has 2 bridgehead atoms. The molecule has 2 aliphatic heterocycles. The molecule has 2 unspecified atom stereocenters. The monoisotopic (exact) mass is 299 g/mol. The van der Waals surface area contributed by atoms with E-state index < -0.39 is 12.2 Å². The molecule has 2 saturated heterocycles. The van der Waals surface area contributed by atoms with Crippen molar-refractivity contribution in [2.24, 2.45) is 0 Å². The van der Waals surface area contributed by atoms with Crippen LogP contribution in [0.5, 0.6) is 5.75 Å². The Bertz CT molecular complexity index is 497. The number of piperidine rings is 1. The minimum absolute atomic E-state index is 0.0799. The largest absolute Gasteiger partial charge is 0.435 e. The maximum atomic E-state index is 12.3. The van der Waals surface area contributed by atoms with Gasteiger partial charge in [-0.3, -0.25) is 4.90 Å². The van der Waals surface area contributed by atoms with Crippen LogP contribution in [0, 0.1) is 0 Å². The molecule has 2 heterocycles. The molecule has 6 heteroatoms. The normalized spacial score (nSPS) is 33.2. The van der Waals surface area contributed by atoms with Gasteiger partial charge in [0, 0.05) is 12.1 Å². The van der Waals surface area contributed by atoms with Crippen LogP contribution in [-0.4, -0.2) is 49.0 Å². The first-order valence-corrected chi connectivity index (χ1v) is 7.05. The summed E-state index contributed by atoms with van der Waals surface area (Å²) in [5.74, 6) is 0.0799. The predicted molar refractivity (Wildman–Crippen MR) is 72.4 cm³/mol. The van der Waals surface area contributed by atoms with Gasteiger partial charge in [-0.2, -0.15) is 8.78 Å². The smallest absolute Gasteiger partial charge is 0.387 e. The molecular formula is C15H19F2NO3. The van der Waals surface area contributed by atoms with Crippen molar-refractivity contribution < 1.29 is 23.4 Å². The minimum Gasteiger partial charge on any atom is -0.435 e. The fourth-order valence-corrected chi connectivity index (χ4v) is 3.34. The summed E-state index contributed by atoms with van der Waals surface area (Å²) >= 11 is 0. The molecule has 1 N–H and O–H groups in total.